The second-order valence-electron chi connectivity index (χ2n) is 3.55. The molecule has 0 aromatic rings. The molecular weight excluding hydrogens is 272 g/mol. The molecule has 0 aliphatic carbocycles. The molecule has 1 N–H and O–H groups in total. The number of hydrogen-bond acceptors (Lipinski definition) is 7. The molecule has 0 aromatic carbocycles. The quantitative estimate of drug-likeness (QED) is 0.377. The molecule has 0 aliphatic rings. The second kappa shape index (κ2) is 8.89. The van der Waals surface area contributed by atoms with Gasteiger partial charge in [0.1, 0.15) is 0 Å². The highest BCUT2D eigenvalue weighted by molar-refractivity contribution is 6.07. The summed E-state index contributed by atoms with van der Waals surface area (Å²) in [7, 11) is 0. The minimum Gasteiger partial charge on any atom is -0.481 e. The Kier molecular flexibility index (Phi) is 7.95. The Morgan fingerprint density at radius 3 is 1.30 bits per heavy atom. The van der Waals surface area contributed by atoms with Crippen LogP contribution in [0.1, 0.15) is 20.8 Å². The van der Waals surface area contributed by atoms with Crippen molar-refractivity contribution >= 4 is 23.9 Å². The Balaban J connectivity index is 5.41. The summed E-state index contributed by atoms with van der Waals surface area (Å²) >= 11 is 0. The zero-order valence-electron chi connectivity index (χ0n) is 11.6. The van der Waals surface area contributed by atoms with Gasteiger partial charge in [0, 0.05) is 0 Å². The molecule has 0 bridgehead atoms. The largest absolute Gasteiger partial charge is 0.481 e. The average Bonchev–Trinajstić information content (AvgIpc) is 2.35. The lowest BCUT2D eigenvalue weighted by atomic mass is 9.92. The standard InChI is InChI=1S/C12H18O8/c1-4-18-10(15)7(9(13)14)8(11(16)19-5-2)12(17)20-6-3/h7-8H,4-6H2,1-3H3,(H,13,14). The Morgan fingerprint density at radius 1 is 0.750 bits per heavy atom. The maximum atomic E-state index is 11.7. The average molecular weight is 290 g/mol. The van der Waals surface area contributed by atoms with Crippen molar-refractivity contribution in [2.75, 3.05) is 19.8 Å². The summed E-state index contributed by atoms with van der Waals surface area (Å²) in [4.78, 5) is 46.2. The van der Waals surface area contributed by atoms with Gasteiger partial charge in [0.25, 0.3) is 0 Å². The van der Waals surface area contributed by atoms with E-state index in [9.17, 15) is 19.2 Å². The molecule has 0 aromatic heterocycles. The Morgan fingerprint density at radius 2 is 1.05 bits per heavy atom. The van der Waals surface area contributed by atoms with Crippen molar-refractivity contribution in [3.05, 3.63) is 0 Å². The molecule has 1 atom stereocenters. The van der Waals surface area contributed by atoms with Crippen LogP contribution < -0.4 is 0 Å². The van der Waals surface area contributed by atoms with Gasteiger partial charge < -0.3 is 19.3 Å². The monoisotopic (exact) mass is 290 g/mol. The molecule has 0 rings (SSSR count). The van der Waals surface area contributed by atoms with E-state index in [0.29, 0.717) is 0 Å². The first-order valence-electron chi connectivity index (χ1n) is 6.13. The molecule has 0 heterocycles. The van der Waals surface area contributed by atoms with Gasteiger partial charge >= 0.3 is 23.9 Å². The van der Waals surface area contributed by atoms with Crippen LogP contribution in [0.2, 0.25) is 0 Å². The summed E-state index contributed by atoms with van der Waals surface area (Å²) in [5.74, 6) is -8.99. The first-order valence-corrected chi connectivity index (χ1v) is 6.13. The SMILES string of the molecule is CCOC(=O)C(C(=O)O)C(C(=O)OCC)C(=O)OCC. The predicted octanol–water partition coefficient (Wildman–Crippen LogP) is -0.00730. The zero-order valence-corrected chi connectivity index (χ0v) is 11.6. The minimum absolute atomic E-state index is 0.0656. The Bertz CT molecular complexity index is 358. The van der Waals surface area contributed by atoms with Crippen LogP contribution in [0.15, 0.2) is 0 Å². The molecule has 0 amide bonds. The Hall–Kier alpha value is -2.12. The first kappa shape index (κ1) is 17.9. The van der Waals surface area contributed by atoms with E-state index in [0.717, 1.165) is 0 Å². The van der Waals surface area contributed by atoms with Gasteiger partial charge in [-0.1, -0.05) is 0 Å². The van der Waals surface area contributed by atoms with Crippen LogP contribution in [-0.4, -0.2) is 48.8 Å². The van der Waals surface area contributed by atoms with Gasteiger partial charge in [-0.3, -0.25) is 19.2 Å². The van der Waals surface area contributed by atoms with Gasteiger partial charge in [0.05, 0.1) is 19.8 Å². The van der Waals surface area contributed by atoms with Crippen molar-refractivity contribution in [3.63, 3.8) is 0 Å². The third-order valence-electron chi connectivity index (χ3n) is 2.22. The highest BCUT2D eigenvalue weighted by atomic mass is 16.6. The van der Waals surface area contributed by atoms with Crippen LogP contribution in [-0.2, 0) is 33.4 Å². The molecule has 0 spiro atoms. The number of aliphatic carboxylic acids is 1. The number of carbonyl (C=O) groups excluding carboxylic acids is 3. The molecule has 8 nitrogen and oxygen atoms in total. The van der Waals surface area contributed by atoms with Crippen LogP contribution in [0.5, 0.6) is 0 Å². The van der Waals surface area contributed by atoms with Gasteiger partial charge in [0.2, 0.25) is 0 Å². The molecule has 114 valence electrons. The summed E-state index contributed by atoms with van der Waals surface area (Å²) in [5.41, 5.74) is 0. The lowest BCUT2D eigenvalue weighted by molar-refractivity contribution is -0.177. The van der Waals surface area contributed by atoms with Gasteiger partial charge in [-0.2, -0.15) is 0 Å². The fourth-order valence-electron chi connectivity index (χ4n) is 1.44. The summed E-state index contributed by atoms with van der Waals surface area (Å²) in [6.07, 6.45) is 0. The van der Waals surface area contributed by atoms with Crippen LogP contribution in [0.3, 0.4) is 0 Å². The number of ether oxygens (including phenoxy) is 3. The predicted molar refractivity (Wildman–Crippen MR) is 64.5 cm³/mol. The highest BCUT2D eigenvalue weighted by Crippen LogP contribution is 2.19. The van der Waals surface area contributed by atoms with Crippen molar-refractivity contribution in [3.8, 4) is 0 Å². The van der Waals surface area contributed by atoms with Gasteiger partial charge in [-0.25, -0.2) is 0 Å². The van der Waals surface area contributed by atoms with Crippen molar-refractivity contribution in [1.82, 2.24) is 0 Å². The van der Waals surface area contributed by atoms with Crippen molar-refractivity contribution < 1.29 is 38.5 Å². The van der Waals surface area contributed by atoms with E-state index in [2.05, 4.69) is 14.2 Å². The van der Waals surface area contributed by atoms with E-state index in [4.69, 9.17) is 5.11 Å². The van der Waals surface area contributed by atoms with Crippen molar-refractivity contribution in [2.24, 2.45) is 11.8 Å². The number of carboxylic acid groups (broad SMARTS) is 1. The first-order chi connectivity index (χ1) is 9.40. The minimum atomic E-state index is -1.99. The topological polar surface area (TPSA) is 116 Å². The van der Waals surface area contributed by atoms with E-state index < -0.39 is 35.7 Å². The maximum absolute atomic E-state index is 11.7. The molecular formula is C12H18O8. The summed E-state index contributed by atoms with van der Waals surface area (Å²) < 4.78 is 13.8. The van der Waals surface area contributed by atoms with Crippen molar-refractivity contribution in [1.29, 1.82) is 0 Å². The zero-order chi connectivity index (χ0) is 15.7. The van der Waals surface area contributed by atoms with Gasteiger partial charge in [-0.15, -0.1) is 0 Å². The van der Waals surface area contributed by atoms with Crippen LogP contribution in [0.25, 0.3) is 0 Å². The Labute approximate surface area is 116 Å². The van der Waals surface area contributed by atoms with E-state index in [1.807, 2.05) is 0 Å². The number of carbonyl (C=O) groups is 4. The fourth-order valence-corrected chi connectivity index (χ4v) is 1.44. The van der Waals surface area contributed by atoms with Gasteiger partial charge in [-0.05, 0) is 20.8 Å². The summed E-state index contributed by atoms with van der Waals surface area (Å²) in [6, 6.07) is 0. The summed E-state index contributed by atoms with van der Waals surface area (Å²) in [5, 5.41) is 9.06. The van der Waals surface area contributed by atoms with Crippen LogP contribution >= 0.6 is 0 Å². The highest BCUT2D eigenvalue weighted by Gasteiger charge is 2.47. The maximum Gasteiger partial charge on any atom is 0.321 e. The molecule has 0 aliphatic heterocycles. The smallest absolute Gasteiger partial charge is 0.321 e. The molecule has 8 heteroatoms. The third kappa shape index (κ3) is 4.87. The lowest BCUT2D eigenvalue weighted by Gasteiger charge is -2.19. The second-order valence-corrected chi connectivity index (χ2v) is 3.55. The number of rotatable bonds is 8. The fraction of sp³-hybridized carbons (Fsp3) is 0.667. The van der Waals surface area contributed by atoms with E-state index in [1.165, 1.54) is 20.8 Å². The van der Waals surface area contributed by atoms with E-state index in [1.54, 1.807) is 0 Å². The number of hydrogen-bond donors (Lipinski definition) is 1. The molecule has 0 fully saturated rings. The molecule has 1 unspecified atom stereocenters. The molecule has 0 radical (unpaired) electrons. The van der Waals surface area contributed by atoms with Crippen molar-refractivity contribution in [2.45, 2.75) is 20.8 Å². The number of esters is 3. The van der Waals surface area contributed by atoms with E-state index >= 15 is 0 Å². The van der Waals surface area contributed by atoms with E-state index in [-0.39, 0.29) is 19.8 Å². The summed E-state index contributed by atoms with van der Waals surface area (Å²) in [6.45, 7) is 4.23. The lowest BCUT2D eigenvalue weighted by Crippen LogP contribution is -2.43. The van der Waals surface area contributed by atoms with Crippen LogP contribution in [0, 0.1) is 11.8 Å². The van der Waals surface area contributed by atoms with Gasteiger partial charge in [0.15, 0.2) is 11.8 Å². The molecule has 20 heavy (non-hydrogen) atoms. The molecule has 0 saturated heterocycles. The normalized spacial score (nSPS) is 11.6. The number of carboxylic acids is 1. The third-order valence-corrected chi connectivity index (χ3v) is 2.22. The molecule has 0 saturated carbocycles. The van der Waals surface area contributed by atoms with Crippen LogP contribution in [0.4, 0.5) is 0 Å².